The van der Waals surface area contributed by atoms with Gasteiger partial charge in [-0.15, -0.1) is 0 Å². The van der Waals surface area contributed by atoms with Crippen LogP contribution in [0.15, 0.2) is 24.3 Å². The first-order valence-electron chi connectivity index (χ1n) is 5.72. The highest BCUT2D eigenvalue weighted by Gasteiger charge is 2.06. The van der Waals surface area contributed by atoms with Crippen molar-refractivity contribution in [2.24, 2.45) is 0 Å². The molecule has 4 nitrogen and oxygen atoms in total. The number of nitrogens with zero attached hydrogens (tertiary/aromatic N) is 3. The van der Waals surface area contributed by atoms with Crippen LogP contribution in [0, 0.1) is 6.92 Å². The molecule has 0 atom stereocenters. The van der Waals surface area contributed by atoms with Crippen LogP contribution in [0.1, 0.15) is 11.5 Å². The van der Waals surface area contributed by atoms with E-state index in [4.69, 9.17) is 5.11 Å². The number of hydrogen-bond acceptors (Lipinski definition) is 4. The van der Waals surface area contributed by atoms with Crippen LogP contribution in [0.3, 0.4) is 0 Å². The Bertz CT molecular complexity index is 513. The van der Waals surface area contributed by atoms with Gasteiger partial charge in [-0.1, -0.05) is 18.2 Å². The Morgan fingerprint density at radius 2 is 2.00 bits per heavy atom. The van der Waals surface area contributed by atoms with Crippen LogP contribution < -0.4 is 0 Å². The van der Waals surface area contributed by atoms with Gasteiger partial charge in [0.2, 0.25) is 0 Å². The number of para-hydroxylation sites is 1. The highest BCUT2D eigenvalue weighted by Crippen LogP contribution is 2.14. The minimum Gasteiger partial charge on any atom is -0.395 e. The molecule has 0 amide bonds. The van der Waals surface area contributed by atoms with Gasteiger partial charge in [-0.3, -0.25) is 4.90 Å². The van der Waals surface area contributed by atoms with E-state index >= 15 is 0 Å². The van der Waals surface area contributed by atoms with Crippen LogP contribution in [0.2, 0.25) is 0 Å². The molecular weight excluding hydrogens is 214 g/mol. The Kier molecular flexibility index (Phi) is 3.66. The monoisotopic (exact) mass is 231 g/mol. The summed E-state index contributed by atoms with van der Waals surface area (Å²) in [4.78, 5) is 11.0. The maximum absolute atomic E-state index is 8.86. The lowest BCUT2D eigenvalue weighted by Crippen LogP contribution is -2.22. The molecule has 1 aromatic carbocycles. The summed E-state index contributed by atoms with van der Waals surface area (Å²) in [5, 5.41) is 9.96. The molecule has 0 aliphatic heterocycles. The van der Waals surface area contributed by atoms with E-state index in [1.165, 1.54) is 0 Å². The maximum atomic E-state index is 8.86. The number of likely N-dealkylation sites (N-methyl/N-ethyl adjacent to an activating group) is 1. The molecular formula is C13H17N3O. The fourth-order valence-corrected chi connectivity index (χ4v) is 1.86. The second-order valence-electron chi connectivity index (χ2n) is 4.20. The van der Waals surface area contributed by atoms with Crippen LogP contribution in [0.4, 0.5) is 0 Å². The van der Waals surface area contributed by atoms with Gasteiger partial charge >= 0.3 is 0 Å². The predicted octanol–water partition coefficient (Wildman–Crippen LogP) is 1.36. The van der Waals surface area contributed by atoms with Crippen molar-refractivity contribution in [1.29, 1.82) is 0 Å². The van der Waals surface area contributed by atoms with E-state index < -0.39 is 0 Å². The van der Waals surface area contributed by atoms with E-state index in [1.54, 1.807) is 0 Å². The van der Waals surface area contributed by atoms with Gasteiger partial charge in [0.15, 0.2) is 0 Å². The molecule has 1 aromatic heterocycles. The normalized spacial score (nSPS) is 11.3. The Hall–Kier alpha value is -1.52. The Labute approximate surface area is 101 Å². The van der Waals surface area contributed by atoms with Gasteiger partial charge in [0.1, 0.15) is 5.82 Å². The number of aliphatic hydroxyl groups excluding tert-OH is 1. The fourth-order valence-electron chi connectivity index (χ4n) is 1.86. The number of aryl methyl sites for hydroxylation is 1. The highest BCUT2D eigenvalue weighted by atomic mass is 16.3. The molecule has 4 heteroatoms. The van der Waals surface area contributed by atoms with Crippen molar-refractivity contribution in [2.75, 3.05) is 20.2 Å². The van der Waals surface area contributed by atoms with Crippen molar-refractivity contribution in [3.63, 3.8) is 0 Å². The van der Waals surface area contributed by atoms with Crippen LogP contribution >= 0.6 is 0 Å². The van der Waals surface area contributed by atoms with E-state index in [-0.39, 0.29) is 6.61 Å². The second kappa shape index (κ2) is 5.21. The average molecular weight is 231 g/mol. The first kappa shape index (κ1) is 12.0. The summed E-state index contributed by atoms with van der Waals surface area (Å²) in [6.45, 7) is 3.45. The smallest absolute Gasteiger partial charge is 0.143 e. The fraction of sp³-hybridized carbons (Fsp3) is 0.385. The molecule has 0 spiro atoms. The molecule has 0 aliphatic carbocycles. The summed E-state index contributed by atoms with van der Waals surface area (Å²) in [5.41, 5.74) is 1.98. The maximum Gasteiger partial charge on any atom is 0.143 e. The number of rotatable bonds is 4. The third-order valence-electron chi connectivity index (χ3n) is 2.73. The van der Waals surface area contributed by atoms with Crippen molar-refractivity contribution in [3.8, 4) is 0 Å². The largest absolute Gasteiger partial charge is 0.395 e. The van der Waals surface area contributed by atoms with Crippen molar-refractivity contribution in [3.05, 3.63) is 35.8 Å². The lowest BCUT2D eigenvalue weighted by atomic mass is 10.2. The zero-order valence-electron chi connectivity index (χ0n) is 10.2. The third-order valence-corrected chi connectivity index (χ3v) is 2.73. The zero-order chi connectivity index (χ0) is 12.3. The summed E-state index contributed by atoms with van der Waals surface area (Å²) in [7, 11) is 1.95. The molecule has 0 radical (unpaired) electrons. The van der Waals surface area contributed by atoms with Gasteiger partial charge in [-0.25, -0.2) is 9.97 Å². The van der Waals surface area contributed by atoms with Crippen LogP contribution in [0.5, 0.6) is 0 Å². The van der Waals surface area contributed by atoms with Gasteiger partial charge < -0.3 is 5.11 Å². The van der Waals surface area contributed by atoms with Crippen LogP contribution in [-0.2, 0) is 6.54 Å². The molecule has 0 aliphatic rings. The molecule has 1 heterocycles. The molecule has 1 N–H and O–H groups in total. The van der Waals surface area contributed by atoms with E-state index in [9.17, 15) is 0 Å². The van der Waals surface area contributed by atoms with Crippen LogP contribution in [0.25, 0.3) is 10.9 Å². The number of fused-ring (bicyclic) bond motifs is 1. The quantitative estimate of drug-likeness (QED) is 0.863. The van der Waals surface area contributed by atoms with Crippen molar-refractivity contribution >= 4 is 10.9 Å². The Morgan fingerprint density at radius 3 is 2.76 bits per heavy atom. The number of aliphatic hydroxyl groups is 1. The van der Waals surface area contributed by atoms with Crippen molar-refractivity contribution in [1.82, 2.24) is 14.9 Å². The summed E-state index contributed by atoms with van der Waals surface area (Å²) < 4.78 is 0. The van der Waals surface area contributed by atoms with Crippen molar-refractivity contribution in [2.45, 2.75) is 13.5 Å². The molecule has 2 rings (SSSR count). The van der Waals surface area contributed by atoms with Gasteiger partial charge in [0.05, 0.1) is 18.7 Å². The summed E-state index contributed by atoms with van der Waals surface area (Å²) in [5.74, 6) is 0.803. The third kappa shape index (κ3) is 2.78. The minimum absolute atomic E-state index is 0.156. The molecule has 0 saturated heterocycles. The molecule has 0 unspecified atom stereocenters. The molecule has 90 valence electrons. The van der Waals surface area contributed by atoms with Gasteiger partial charge in [0.25, 0.3) is 0 Å². The van der Waals surface area contributed by atoms with Gasteiger partial charge in [-0.05, 0) is 20.0 Å². The Morgan fingerprint density at radius 1 is 1.24 bits per heavy atom. The van der Waals surface area contributed by atoms with Crippen molar-refractivity contribution < 1.29 is 5.11 Å². The minimum atomic E-state index is 0.156. The first-order valence-corrected chi connectivity index (χ1v) is 5.72. The van der Waals surface area contributed by atoms with Gasteiger partial charge in [0, 0.05) is 17.6 Å². The number of hydrogen-bond donors (Lipinski definition) is 1. The summed E-state index contributed by atoms with van der Waals surface area (Å²) in [6.07, 6.45) is 0. The SMILES string of the molecule is Cc1nc(CN(C)CCO)nc2ccccc12. The van der Waals surface area contributed by atoms with E-state index in [1.807, 2.05) is 43.1 Å². The second-order valence-corrected chi connectivity index (χ2v) is 4.20. The zero-order valence-corrected chi connectivity index (χ0v) is 10.2. The summed E-state index contributed by atoms with van der Waals surface area (Å²) in [6, 6.07) is 8.01. The molecule has 0 saturated carbocycles. The summed E-state index contributed by atoms with van der Waals surface area (Å²) >= 11 is 0. The topological polar surface area (TPSA) is 49.2 Å². The standard InChI is InChI=1S/C13H17N3O/c1-10-11-5-3-4-6-12(11)15-13(14-10)9-16(2)7-8-17/h3-6,17H,7-9H2,1-2H3. The molecule has 17 heavy (non-hydrogen) atoms. The predicted molar refractivity (Wildman–Crippen MR) is 67.7 cm³/mol. The Balaban J connectivity index is 2.30. The molecule has 2 aromatic rings. The lowest BCUT2D eigenvalue weighted by Gasteiger charge is -2.14. The highest BCUT2D eigenvalue weighted by molar-refractivity contribution is 5.80. The number of aromatic nitrogens is 2. The van der Waals surface area contributed by atoms with Gasteiger partial charge in [-0.2, -0.15) is 0 Å². The molecule has 0 bridgehead atoms. The first-order chi connectivity index (χ1) is 8.20. The van der Waals surface area contributed by atoms with E-state index in [2.05, 4.69) is 9.97 Å². The molecule has 0 fully saturated rings. The average Bonchev–Trinajstić information content (AvgIpc) is 2.29. The lowest BCUT2D eigenvalue weighted by molar-refractivity contribution is 0.214. The van der Waals surface area contributed by atoms with E-state index in [0.717, 1.165) is 22.4 Å². The van der Waals surface area contributed by atoms with Crippen LogP contribution in [-0.4, -0.2) is 40.2 Å². The number of benzene rings is 1. The van der Waals surface area contributed by atoms with E-state index in [0.29, 0.717) is 13.1 Å².